The summed E-state index contributed by atoms with van der Waals surface area (Å²) >= 11 is 6.04. The molecule has 0 aliphatic carbocycles. The first kappa shape index (κ1) is 19.8. The SMILES string of the molecule is CC(C)(C)c1cnc(CN2CCCN(C(=O)c3c(F)cccc3Cl)CC2)o1. The maximum Gasteiger partial charge on any atom is 0.258 e. The average Bonchev–Trinajstić information content (AvgIpc) is 2.94. The van der Waals surface area contributed by atoms with Gasteiger partial charge in [0.25, 0.3) is 5.91 Å². The monoisotopic (exact) mass is 393 g/mol. The summed E-state index contributed by atoms with van der Waals surface area (Å²) in [4.78, 5) is 21.0. The van der Waals surface area contributed by atoms with Crippen molar-refractivity contribution in [2.45, 2.75) is 39.2 Å². The summed E-state index contributed by atoms with van der Waals surface area (Å²) in [5, 5.41) is 0.149. The molecule has 1 aromatic heterocycles. The number of carbonyl (C=O) groups excluding carboxylic acids is 1. The minimum atomic E-state index is -0.580. The van der Waals surface area contributed by atoms with Crippen LogP contribution in [0.15, 0.2) is 28.8 Å². The van der Waals surface area contributed by atoms with Crippen LogP contribution in [-0.2, 0) is 12.0 Å². The van der Waals surface area contributed by atoms with Crippen LogP contribution in [0.25, 0.3) is 0 Å². The summed E-state index contributed by atoms with van der Waals surface area (Å²) in [5.74, 6) is 0.601. The van der Waals surface area contributed by atoms with Crippen molar-refractivity contribution in [1.29, 1.82) is 0 Å². The second kappa shape index (κ2) is 7.98. The third kappa shape index (κ3) is 4.68. The van der Waals surface area contributed by atoms with Crippen LogP contribution in [0.1, 0.15) is 49.2 Å². The van der Waals surface area contributed by atoms with Gasteiger partial charge in [0.05, 0.1) is 23.3 Å². The van der Waals surface area contributed by atoms with Gasteiger partial charge in [0.1, 0.15) is 11.6 Å². The Labute approximate surface area is 164 Å². The molecule has 0 radical (unpaired) electrons. The van der Waals surface area contributed by atoms with Crippen LogP contribution in [-0.4, -0.2) is 46.9 Å². The predicted molar refractivity (Wildman–Crippen MR) is 102 cm³/mol. The van der Waals surface area contributed by atoms with Crippen LogP contribution in [0, 0.1) is 5.82 Å². The molecule has 0 N–H and O–H groups in total. The second-order valence-corrected chi connectivity index (χ2v) is 8.29. The number of aromatic nitrogens is 1. The van der Waals surface area contributed by atoms with Crippen LogP contribution in [0.5, 0.6) is 0 Å². The van der Waals surface area contributed by atoms with E-state index in [0.29, 0.717) is 32.1 Å². The first-order valence-corrected chi connectivity index (χ1v) is 9.54. The molecule has 146 valence electrons. The summed E-state index contributed by atoms with van der Waals surface area (Å²) < 4.78 is 19.9. The number of benzene rings is 1. The van der Waals surface area contributed by atoms with E-state index in [1.54, 1.807) is 11.1 Å². The molecule has 1 aliphatic rings. The van der Waals surface area contributed by atoms with Gasteiger partial charge in [0.2, 0.25) is 5.89 Å². The van der Waals surface area contributed by atoms with E-state index in [9.17, 15) is 9.18 Å². The Morgan fingerprint density at radius 3 is 2.70 bits per heavy atom. The second-order valence-electron chi connectivity index (χ2n) is 7.89. The minimum Gasteiger partial charge on any atom is -0.444 e. The van der Waals surface area contributed by atoms with Gasteiger partial charge in [-0.05, 0) is 18.6 Å². The predicted octanol–water partition coefficient (Wildman–Crippen LogP) is 4.11. The number of nitrogens with zero attached hydrogens (tertiary/aromatic N) is 3. The largest absolute Gasteiger partial charge is 0.444 e. The van der Waals surface area contributed by atoms with Gasteiger partial charge < -0.3 is 9.32 Å². The van der Waals surface area contributed by atoms with Crippen LogP contribution in [0.3, 0.4) is 0 Å². The van der Waals surface area contributed by atoms with E-state index < -0.39 is 5.82 Å². The van der Waals surface area contributed by atoms with E-state index in [2.05, 4.69) is 30.7 Å². The lowest BCUT2D eigenvalue weighted by molar-refractivity contribution is 0.0756. The first-order valence-electron chi connectivity index (χ1n) is 9.16. The fourth-order valence-corrected chi connectivity index (χ4v) is 3.36. The number of oxazole rings is 1. The Hall–Kier alpha value is -1.92. The highest BCUT2D eigenvalue weighted by molar-refractivity contribution is 6.33. The molecule has 1 fully saturated rings. The Balaban J connectivity index is 1.64. The molecule has 27 heavy (non-hydrogen) atoms. The number of rotatable bonds is 3. The van der Waals surface area contributed by atoms with Gasteiger partial charge in [-0.2, -0.15) is 0 Å². The molecule has 1 saturated heterocycles. The molecular weight excluding hydrogens is 369 g/mol. The molecule has 2 heterocycles. The summed E-state index contributed by atoms with van der Waals surface area (Å²) in [6.45, 7) is 9.42. The highest BCUT2D eigenvalue weighted by Crippen LogP contribution is 2.24. The van der Waals surface area contributed by atoms with Crippen molar-refractivity contribution in [2.24, 2.45) is 0 Å². The molecular formula is C20H25ClFN3O2. The van der Waals surface area contributed by atoms with E-state index >= 15 is 0 Å². The van der Waals surface area contributed by atoms with E-state index in [1.165, 1.54) is 18.2 Å². The summed E-state index contributed by atoms with van der Waals surface area (Å²) in [6.07, 6.45) is 2.58. The molecule has 0 bridgehead atoms. The van der Waals surface area contributed by atoms with Gasteiger partial charge in [0.15, 0.2) is 0 Å². The van der Waals surface area contributed by atoms with Crippen LogP contribution >= 0.6 is 11.6 Å². The lowest BCUT2D eigenvalue weighted by atomic mass is 9.94. The van der Waals surface area contributed by atoms with Gasteiger partial charge in [-0.1, -0.05) is 38.4 Å². The molecule has 2 aromatic rings. The molecule has 0 unspecified atom stereocenters. The normalized spacial score (nSPS) is 16.4. The van der Waals surface area contributed by atoms with Gasteiger partial charge in [-0.15, -0.1) is 0 Å². The zero-order valence-electron chi connectivity index (χ0n) is 16.0. The van der Waals surface area contributed by atoms with Crippen molar-refractivity contribution in [3.05, 3.63) is 52.5 Å². The van der Waals surface area contributed by atoms with E-state index in [0.717, 1.165) is 18.7 Å². The van der Waals surface area contributed by atoms with Crippen molar-refractivity contribution >= 4 is 17.5 Å². The number of amides is 1. The molecule has 1 amide bonds. The molecule has 0 atom stereocenters. The minimum absolute atomic E-state index is 0.0462. The van der Waals surface area contributed by atoms with E-state index in [4.69, 9.17) is 16.0 Å². The molecule has 5 nitrogen and oxygen atoms in total. The lowest BCUT2D eigenvalue weighted by Gasteiger charge is -2.22. The van der Waals surface area contributed by atoms with Gasteiger partial charge in [-0.25, -0.2) is 9.37 Å². The highest BCUT2D eigenvalue weighted by Gasteiger charge is 2.25. The zero-order valence-corrected chi connectivity index (χ0v) is 16.7. The maximum atomic E-state index is 14.1. The highest BCUT2D eigenvalue weighted by atomic mass is 35.5. The number of hydrogen-bond donors (Lipinski definition) is 0. The Kier molecular flexibility index (Phi) is 5.86. The Bertz CT molecular complexity index is 796. The van der Waals surface area contributed by atoms with Crippen molar-refractivity contribution in [3.63, 3.8) is 0 Å². The van der Waals surface area contributed by atoms with E-state index in [-0.39, 0.29) is 21.9 Å². The fourth-order valence-electron chi connectivity index (χ4n) is 3.11. The summed E-state index contributed by atoms with van der Waals surface area (Å²) in [6, 6.07) is 4.30. The Morgan fingerprint density at radius 2 is 2.04 bits per heavy atom. The molecule has 7 heteroatoms. The fraction of sp³-hybridized carbons (Fsp3) is 0.500. The van der Waals surface area contributed by atoms with Gasteiger partial charge in [-0.3, -0.25) is 9.69 Å². The van der Waals surface area contributed by atoms with Crippen molar-refractivity contribution in [1.82, 2.24) is 14.8 Å². The summed E-state index contributed by atoms with van der Waals surface area (Å²) in [7, 11) is 0. The Morgan fingerprint density at radius 1 is 1.26 bits per heavy atom. The van der Waals surface area contributed by atoms with Crippen molar-refractivity contribution in [2.75, 3.05) is 26.2 Å². The topological polar surface area (TPSA) is 49.6 Å². The molecule has 1 aliphatic heterocycles. The van der Waals surface area contributed by atoms with Gasteiger partial charge >= 0.3 is 0 Å². The van der Waals surface area contributed by atoms with Crippen LogP contribution < -0.4 is 0 Å². The number of carbonyl (C=O) groups is 1. The van der Waals surface area contributed by atoms with Gasteiger partial charge in [0, 0.05) is 31.6 Å². The molecule has 1 aromatic carbocycles. The van der Waals surface area contributed by atoms with E-state index in [1.807, 2.05) is 0 Å². The molecule has 3 rings (SSSR count). The smallest absolute Gasteiger partial charge is 0.258 e. The number of halogens is 2. The number of hydrogen-bond acceptors (Lipinski definition) is 4. The quantitative estimate of drug-likeness (QED) is 0.787. The zero-order chi connectivity index (χ0) is 19.6. The average molecular weight is 394 g/mol. The van der Waals surface area contributed by atoms with Crippen molar-refractivity contribution < 1.29 is 13.6 Å². The molecule has 0 spiro atoms. The lowest BCUT2D eigenvalue weighted by Crippen LogP contribution is -2.35. The van der Waals surface area contributed by atoms with Crippen LogP contribution in [0.4, 0.5) is 4.39 Å². The first-order chi connectivity index (χ1) is 12.8. The summed E-state index contributed by atoms with van der Waals surface area (Å²) in [5.41, 5.74) is -0.123. The molecule has 0 saturated carbocycles. The third-order valence-electron chi connectivity index (χ3n) is 4.70. The maximum absolute atomic E-state index is 14.1. The standard InChI is InChI=1S/C20H25ClFN3O2/c1-20(2,3)16-12-23-17(27-16)13-24-8-5-9-25(11-10-24)19(26)18-14(21)6-4-7-15(18)22/h4,6-7,12H,5,8-11,13H2,1-3H3. The third-order valence-corrected chi connectivity index (χ3v) is 5.02. The van der Waals surface area contributed by atoms with Crippen molar-refractivity contribution in [3.8, 4) is 0 Å². The van der Waals surface area contributed by atoms with Crippen LogP contribution in [0.2, 0.25) is 5.02 Å².